The van der Waals surface area contributed by atoms with Gasteiger partial charge in [0.05, 0.1) is 13.0 Å². The molecule has 6 heteroatoms. The van der Waals surface area contributed by atoms with Gasteiger partial charge in [-0.15, -0.1) is 0 Å². The average molecular weight is 358 g/mol. The third-order valence-corrected chi connectivity index (χ3v) is 4.43. The molecule has 0 bridgehead atoms. The van der Waals surface area contributed by atoms with E-state index in [9.17, 15) is 9.59 Å². The molecular formula is C20H22O6. The Morgan fingerprint density at radius 3 is 2.73 bits per heavy atom. The van der Waals surface area contributed by atoms with E-state index in [0.29, 0.717) is 30.1 Å². The lowest BCUT2D eigenvalue weighted by atomic mass is 10.0. The van der Waals surface area contributed by atoms with Crippen molar-refractivity contribution in [3.63, 3.8) is 0 Å². The summed E-state index contributed by atoms with van der Waals surface area (Å²) in [4.78, 5) is 22.9. The van der Waals surface area contributed by atoms with Crippen LogP contribution < -0.4 is 15.1 Å². The van der Waals surface area contributed by atoms with Gasteiger partial charge in [0.15, 0.2) is 11.3 Å². The molecule has 0 amide bonds. The smallest absolute Gasteiger partial charge is 0.336 e. The van der Waals surface area contributed by atoms with Crippen molar-refractivity contribution in [1.82, 2.24) is 0 Å². The Balaban J connectivity index is 1.67. The molecule has 3 rings (SSSR count). The Bertz CT molecular complexity index is 895. The molecule has 1 aliphatic heterocycles. The number of carbonyl (C=O) groups is 1. The van der Waals surface area contributed by atoms with Crippen LogP contribution in [0.2, 0.25) is 0 Å². The van der Waals surface area contributed by atoms with E-state index in [0.717, 1.165) is 17.4 Å². The first-order chi connectivity index (χ1) is 12.5. The number of hydrogen-bond donors (Lipinski definition) is 0. The molecule has 2 aromatic rings. The summed E-state index contributed by atoms with van der Waals surface area (Å²) in [6.45, 7) is 4.20. The predicted octanol–water partition coefficient (Wildman–Crippen LogP) is 3.47. The zero-order valence-electron chi connectivity index (χ0n) is 15.1. The summed E-state index contributed by atoms with van der Waals surface area (Å²) < 4.78 is 21.7. The maximum absolute atomic E-state index is 11.5. The van der Waals surface area contributed by atoms with Gasteiger partial charge in [-0.3, -0.25) is 4.79 Å². The lowest BCUT2D eigenvalue weighted by Gasteiger charge is -2.12. The Hall–Kier alpha value is -2.76. The highest BCUT2D eigenvalue weighted by Crippen LogP contribution is 2.34. The molecule has 0 saturated carbocycles. The molecule has 2 unspecified atom stereocenters. The number of rotatable bonds is 6. The number of ether oxygens (including phenoxy) is 3. The summed E-state index contributed by atoms with van der Waals surface area (Å²) in [5.74, 6) is 0.742. The van der Waals surface area contributed by atoms with Crippen LogP contribution in [0.3, 0.4) is 0 Å². The minimum absolute atomic E-state index is 0.0273. The van der Waals surface area contributed by atoms with Crippen LogP contribution in [-0.4, -0.2) is 25.8 Å². The third kappa shape index (κ3) is 3.90. The van der Waals surface area contributed by atoms with E-state index < -0.39 is 5.63 Å². The average Bonchev–Trinajstić information content (AvgIpc) is 2.91. The monoisotopic (exact) mass is 358 g/mol. The Labute approximate surface area is 151 Å². The van der Waals surface area contributed by atoms with Gasteiger partial charge < -0.3 is 18.6 Å². The highest BCUT2D eigenvalue weighted by Gasteiger charge is 2.30. The summed E-state index contributed by atoms with van der Waals surface area (Å²) in [5, 5.41) is 0.762. The molecule has 0 N–H and O–H groups in total. The maximum Gasteiger partial charge on any atom is 0.336 e. The first-order valence-corrected chi connectivity index (χ1v) is 8.57. The van der Waals surface area contributed by atoms with Crippen LogP contribution in [0.15, 0.2) is 45.1 Å². The number of methoxy groups -OCH3 is 1. The quantitative estimate of drug-likeness (QED) is 0.447. The molecule has 0 radical (unpaired) electrons. The Kier molecular flexibility index (Phi) is 5.30. The molecule has 0 spiro atoms. The maximum atomic E-state index is 11.5. The van der Waals surface area contributed by atoms with E-state index in [1.807, 2.05) is 26.0 Å². The highest BCUT2D eigenvalue weighted by molar-refractivity contribution is 5.85. The zero-order chi connectivity index (χ0) is 18.7. The number of benzene rings is 1. The van der Waals surface area contributed by atoms with Crippen molar-refractivity contribution in [2.24, 2.45) is 5.92 Å². The minimum Gasteiger partial charge on any atom is -0.490 e. The molecule has 1 saturated heterocycles. The molecule has 6 nitrogen and oxygen atoms in total. The molecule has 1 aromatic carbocycles. The molecule has 1 fully saturated rings. The van der Waals surface area contributed by atoms with Gasteiger partial charge in [0, 0.05) is 17.9 Å². The van der Waals surface area contributed by atoms with Crippen molar-refractivity contribution < 1.29 is 23.4 Å². The Morgan fingerprint density at radius 2 is 2.04 bits per heavy atom. The molecule has 2 heterocycles. The normalized spacial score (nSPS) is 20.3. The number of hydrogen-bond acceptors (Lipinski definition) is 6. The Morgan fingerprint density at radius 1 is 1.27 bits per heavy atom. The van der Waals surface area contributed by atoms with Gasteiger partial charge in [-0.2, -0.15) is 0 Å². The lowest BCUT2D eigenvalue weighted by molar-refractivity contribution is -0.143. The van der Waals surface area contributed by atoms with E-state index >= 15 is 0 Å². The van der Waals surface area contributed by atoms with Gasteiger partial charge in [-0.1, -0.05) is 12.5 Å². The third-order valence-electron chi connectivity index (χ3n) is 4.43. The fourth-order valence-electron chi connectivity index (χ4n) is 3.06. The zero-order valence-corrected chi connectivity index (χ0v) is 15.1. The summed E-state index contributed by atoms with van der Waals surface area (Å²) in [7, 11) is 1.51. The molecule has 138 valence electrons. The predicted molar refractivity (Wildman–Crippen MR) is 96.6 cm³/mol. The fraction of sp³-hybridized carbons (Fsp3) is 0.400. The number of carbonyl (C=O) groups excluding carboxylic acids is 1. The van der Waals surface area contributed by atoms with E-state index in [2.05, 4.69) is 0 Å². The van der Waals surface area contributed by atoms with Crippen molar-refractivity contribution in [1.29, 1.82) is 0 Å². The van der Waals surface area contributed by atoms with E-state index in [1.165, 1.54) is 13.2 Å². The number of cyclic esters (lactones) is 1. The molecule has 2 atom stereocenters. The van der Waals surface area contributed by atoms with Crippen LogP contribution in [0.1, 0.15) is 26.7 Å². The SMILES string of the molecule is COc1c(OCC=C(C)CC2CC(C)C(=O)O2)ccc2ccc(=O)oc12. The van der Waals surface area contributed by atoms with Gasteiger partial charge in [0.25, 0.3) is 0 Å². The van der Waals surface area contributed by atoms with Crippen molar-refractivity contribution in [3.05, 3.63) is 46.3 Å². The lowest BCUT2D eigenvalue weighted by Crippen LogP contribution is -2.07. The molecule has 0 aliphatic carbocycles. The first-order valence-electron chi connectivity index (χ1n) is 8.57. The second kappa shape index (κ2) is 7.64. The van der Waals surface area contributed by atoms with Crippen LogP contribution in [-0.2, 0) is 9.53 Å². The van der Waals surface area contributed by atoms with Crippen LogP contribution in [0.5, 0.6) is 11.5 Å². The summed E-state index contributed by atoms with van der Waals surface area (Å²) in [6, 6.07) is 6.64. The van der Waals surface area contributed by atoms with Gasteiger partial charge in [-0.05, 0) is 37.6 Å². The van der Waals surface area contributed by atoms with Gasteiger partial charge in [0.1, 0.15) is 12.7 Å². The first kappa shape index (κ1) is 18.0. The van der Waals surface area contributed by atoms with E-state index in [1.54, 1.807) is 12.1 Å². The second-order valence-electron chi connectivity index (χ2n) is 6.53. The van der Waals surface area contributed by atoms with Crippen LogP contribution >= 0.6 is 0 Å². The molecule has 1 aliphatic rings. The van der Waals surface area contributed by atoms with Crippen molar-refractivity contribution in [2.45, 2.75) is 32.8 Å². The van der Waals surface area contributed by atoms with E-state index in [-0.39, 0.29) is 18.0 Å². The summed E-state index contributed by atoms with van der Waals surface area (Å²) >= 11 is 0. The largest absolute Gasteiger partial charge is 0.490 e. The van der Waals surface area contributed by atoms with Crippen LogP contribution in [0, 0.1) is 5.92 Å². The van der Waals surface area contributed by atoms with Gasteiger partial charge >= 0.3 is 11.6 Å². The van der Waals surface area contributed by atoms with Crippen molar-refractivity contribution in [2.75, 3.05) is 13.7 Å². The van der Waals surface area contributed by atoms with Gasteiger partial charge in [0.2, 0.25) is 5.75 Å². The van der Waals surface area contributed by atoms with Crippen molar-refractivity contribution >= 4 is 16.9 Å². The fourth-order valence-corrected chi connectivity index (χ4v) is 3.06. The standard InChI is InChI=1S/C20H22O6/c1-12(10-15-11-13(2)20(22)25-15)8-9-24-16-6-4-14-5-7-17(21)26-18(14)19(16)23-3/h4-8,13,15H,9-11H2,1-3H3. The molecule has 1 aromatic heterocycles. The number of fused-ring (bicyclic) bond motifs is 1. The summed E-state index contributed by atoms with van der Waals surface area (Å²) in [6.07, 6.45) is 3.34. The highest BCUT2D eigenvalue weighted by atomic mass is 16.6. The molecule has 26 heavy (non-hydrogen) atoms. The molecular weight excluding hydrogens is 336 g/mol. The van der Waals surface area contributed by atoms with E-state index in [4.69, 9.17) is 18.6 Å². The summed E-state index contributed by atoms with van der Waals surface area (Å²) in [5.41, 5.74) is 1.01. The number of esters is 1. The van der Waals surface area contributed by atoms with Crippen LogP contribution in [0.25, 0.3) is 11.0 Å². The van der Waals surface area contributed by atoms with Gasteiger partial charge in [-0.25, -0.2) is 4.79 Å². The second-order valence-corrected chi connectivity index (χ2v) is 6.53. The van der Waals surface area contributed by atoms with Crippen molar-refractivity contribution in [3.8, 4) is 11.5 Å². The van der Waals surface area contributed by atoms with Crippen LogP contribution in [0.4, 0.5) is 0 Å². The topological polar surface area (TPSA) is 75.0 Å². The minimum atomic E-state index is -0.441.